The number of carbonyl (C=O) groups excluding carboxylic acids is 2. The molecular formula is C91H71ClF15N17O11S2. The number of pyridine rings is 4. The second kappa shape index (κ2) is 39.8. The van der Waals surface area contributed by atoms with Crippen molar-refractivity contribution in [3.05, 3.63) is 331 Å². The Morgan fingerprint density at radius 3 is 0.912 bits per heavy atom. The van der Waals surface area contributed by atoms with Gasteiger partial charge in [0.15, 0.2) is 16.8 Å². The van der Waals surface area contributed by atoms with Crippen LogP contribution in [0.15, 0.2) is 302 Å². The fourth-order valence-corrected chi connectivity index (χ4v) is 14.9. The minimum Gasteiger partial charge on any atom is -0.497 e. The van der Waals surface area contributed by atoms with Gasteiger partial charge in [-0.25, -0.2) is 35.6 Å². The third kappa shape index (κ3) is 22.7. The second-order valence-corrected chi connectivity index (χ2v) is 33.8. The van der Waals surface area contributed by atoms with E-state index < -0.39 is 90.7 Å². The van der Waals surface area contributed by atoms with Gasteiger partial charge in [-0.2, -0.15) is 91.5 Å². The molecular weight excluding hydrogens is 1890 g/mol. The van der Waals surface area contributed by atoms with Gasteiger partial charge in [-0.3, -0.25) is 39.0 Å². The molecule has 8 aromatic heterocycles. The average Bonchev–Trinajstić information content (AvgIpc) is 0.952. The molecule has 0 saturated carbocycles. The van der Waals surface area contributed by atoms with E-state index in [2.05, 4.69) is 60.4 Å². The van der Waals surface area contributed by atoms with Crippen molar-refractivity contribution in [1.29, 1.82) is 5.26 Å². The molecule has 0 radical (unpaired) electrons. The number of carbonyl (C=O) groups is 2. The van der Waals surface area contributed by atoms with Crippen molar-refractivity contribution >= 4 is 66.7 Å². The van der Waals surface area contributed by atoms with Crippen LogP contribution in [0.3, 0.4) is 0 Å². The molecule has 0 aliphatic heterocycles. The molecule has 15 rings (SSSR count). The standard InChI is InChI=1S/C25H18F3N5O2.C24H21F3N4O4S.C23H18ClF3N4O3S.C19H14F6N4O2/c1-24(35,25(26,27)28)19-6-8-20(9-7-19)33-22(14-21(32-33)17-10-12-30-13-11-17)31-23(34)18-4-2-16(15-29)3-5-18;1-23(32,24(25,26)27)17-3-5-18(6-4-17)31-22(15-21(29-31)16-11-13-28-14-12-16)30-36(33,34)20-9-7-19(35-2)8-10-20;1-22(32,23(25,26)27)16-2-6-18(7-3-16)31-21(14-20(29-31)15-10-12-28-13-11-15)30-35(33,34)19-8-4-17(24)5-9-19;1-11(30)27-16-10-15(12-6-8-26-9-7-12)28-29(16)14-4-2-13(3-5-14)17(31,18(20,21)22)19(23,24)25/h2-14,35H,1H3,(H,31,34);3-15,30,32H,1-2H3;2-14,30,32H,1H3;2-10,31H,1H3,(H,27,30). The van der Waals surface area contributed by atoms with Crippen LogP contribution in [0.25, 0.3) is 67.8 Å². The Balaban J connectivity index is 0.000000164. The molecule has 3 unspecified atom stereocenters. The molecule has 8 heterocycles. The van der Waals surface area contributed by atoms with Crippen LogP contribution >= 0.6 is 11.6 Å². The number of methoxy groups -OCH3 is 1. The number of nitriles is 1. The van der Waals surface area contributed by atoms with Crippen molar-refractivity contribution in [3.8, 4) is 79.6 Å². The van der Waals surface area contributed by atoms with E-state index >= 15 is 0 Å². The number of hydrogen-bond acceptors (Lipinski definition) is 20. The summed E-state index contributed by atoms with van der Waals surface area (Å²) in [6.07, 6.45) is -14.3. The quantitative estimate of drug-likeness (QED) is 0.0292. The lowest BCUT2D eigenvalue weighted by molar-refractivity contribution is -0.376. The highest BCUT2D eigenvalue weighted by atomic mass is 35.5. The molecule has 8 N–H and O–H groups in total. The molecule has 3 atom stereocenters. The van der Waals surface area contributed by atoms with Crippen molar-refractivity contribution in [3.63, 3.8) is 0 Å². The van der Waals surface area contributed by atoms with Gasteiger partial charge in [-0.1, -0.05) is 60.1 Å². The summed E-state index contributed by atoms with van der Waals surface area (Å²) in [6, 6.07) is 56.4. The monoisotopic (exact) mass is 1960 g/mol. The minimum absolute atomic E-state index is 0.0296. The van der Waals surface area contributed by atoms with Crippen molar-refractivity contribution in [2.75, 3.05) is 27.2 Å². The third-order valence-corrected chi connectivity index (χ3v) is 23.6. The normalized spacial score (nSPS) is 13.3. The number of aromatic nitrogens is 12. The summed E-state index contributed by atoms with van der Waals surface area (Å²) >= 11 is 5.85. The van der Waals surface area contributed by atoms with E-state index in [1.165, 1.54) is 168 Å². The number of nitrogens with one attached hydrogen (secondary N) is 4. The van der Waals surface area contributed by atoms with Gasteiger partial charge in [0.1, 0.15) is 29.0 Å². The fraction of sp³-hybridized carbons (Fsp3) is 0.154. The number of alkyl halides is 15. The first kappa shape index (κ1) is 101. The number of ether oxygens (including phenoxy) is 1. The molecule has 710 valence electrons. The molecule has 2 amide bonds. The Bertz CT molecular complexity index is 7030. The molecule has 28 nitrogen and oxygen atoms in total. The summed E-state index contributed by atoms with van der Waals surface area (Å²) in [5.74, 6) is 0.0374. The number of aliphatic hydroxyl groups is 4. The van der Waals surface area contributed by atoms with Gasteiger partial charge in [0.2, 0.25) is 5.91 Å². The van der Waals surface area contributed by atoms with Gasteiger partial charge in [-0.15, -0.1) is 0 Å². The number of hydrogen-bond donors (Lipinski definition) is 8. The second-order valence-electron chi connectivity index (χ2n) is 30.0. The highest BCUT2D eigenvalue weighted by Crippen LogP contribution is 2.51. The maximum Gasteiger partial charge on any atom is 0.430 e. The first-order valence-electron chi connectivity index (χ1n) is 39.5. The predicted molar refractivity (Wildman–Crippen MR) is 470 cm³/mol. The number of anilines is 4. The zero-order chi connectivity index (χ0) is 99.8. The largest absolute Gasteiger partial charge is 0.497 e. The molecule has 7 aromatic carbocycles. The summed E-state index contributed by atoms with van der Waals surface area (Å²) in [7, 11) is -6.65. The lowest BCUT2D eigenvalue weighted by Gasteiger charge is -2.32. The number of halogens is 16. The van der Waals surface area contributed by atoms with Crippen LogP contribution in [-0.4, -0.2) is 146 Å². The number of nitrogens with zero attached hydrogens (tertiary/aromatic N) is 13. The molecule has 137 heavy (non-hydrogen) atoms. The molecule has 15 aromatic rings. The summed E-state index contributed by atoms with van der Waals surface area (Å²) in [4.78, 5) is 40.0. The number of sulfonamides is 2. The van der Waals surface area contributed by atoms with Crippen molar-refractivity contribution in [2.24, 2.45) is 0 Å². The van der Waals surface area contributed by atoms with Crippen molar-refractivity contribution in [1.82, 2.24) is 59.1 Å². The Morgan fingerprint density at radius 1 is 0.372 bits per heavy atom. The van der Waals surface area contributed by atoms with E-state index in [-0.39, 0.29) is 66.8 Å². The Hall–Kier alpha value is -15.2. The molecule has 46 heteroatoms. The van der Waals surface area contributed by atoms with Crippen LogP contribution < -0.4 is 24.8 Å². The average molecular weight is 1960 g/mol. The SMILES string of the molecule is CC(=O)Nc1cc(-c2ccncc2)nn1-c1ccc(C(O)(C(F)(F)F)C(F)(F)F)cc1.CC(O)(c1ccc(-n2nc(-c3ccncc3)cc2NC(=O)c2ccc(C#N)cc2)cc1)C(F)(F)F.CC(O)(c1ccc(-n2nc(-c3ccncc3)cc2NS(=O)(=O)c2ccc(Cl)cc2)cc1)C(F)(F)F.COc1ccc(S(=O)(=O)Nc2cc(-c3ccncc3)nn2-c2ccc(C(C)(O)C(F)(F)F)cc2)cc1. The van der Waals surface area contributed by atoms with Crippen LogP contribution in [0.1, 0.15) is 65.9 Å². The van der Waals surface area contributed by atoms with Gasteiger partial charge in [-0.05, 0) is 207 Å². The lowest BCUT2D eigenvalue weighted by Crippen LogP contribution is -2.53. The molecule has 0 aliphatic rings. The highest BCUT2D eigenvalue weighted by Gasteiger charge is 2.71. The van der Waals surface area contributed by atoms with Gasteiger partial charge >= 0.3 is 30.9 Å². The van der Waals surface area contributed by atoms with Crippen molar-refractivity contribution < 1.29 is 117 Å². The van der Waals surface area contributed by atoms with E-state index in [0.29, 0.717) is 106 Å². The van der Waals surface area contributed by atoms with E-state index in [0.717, 1.165) is 53.2 Å². The summed E-state index contributed by atoms with van der Waals surface area (Å²) in [5.41, 5.74) is -10.7. The van der Waals surface area contributed by atoms with Crippen LogP contribution in [0.4, 0.5) is 89.1 Å². The minimum atomic E-state index is -5.99. The maximum absolute atomic E-state index is 13.2. The van der Waals surface area contributed by atoms with Crippen LogP contribution in [0.5, 0.6) is 5.75 Å². The number of benzene rings is 7. The first-order chi connectivity index (χ1) is 64.2. The van der Waals surface area contributed by atoms with Gasteiger partial charge < -0.3 is 35.8 Å². The highest BCUT2D eigenvalue weighted by molar-refractivity contribution is 7.93. The van der Waals surface area contributed by atoms with E-state index in [1.807, 2.05) is 6.07 Å². The van der Waals surface area contributed by atoms with Crippen molar-refractivity contribution in [2.45, 2.75) is 90.8 Å². The van der Waals surface area contributed by atoms with Crippen LogP contribution in [0, 0.1) is 11.3 Å². The summed E-state index contributed by atoms with van der Waals surface area (Å²) in [5, 5.41) is 71.6. The smallest absolute Gasteiger partial charge is 0.430 e. The fourth-order valence-electron chi connectivity index (χ4n) is 12.7. The topological polar surface area (TPSA) is 387 Å². The number of rotatable bonds is 22. The number of amides is 2. The lowest BCUT2D eigenvalue weighted by atomic mass is 9.92. The van der Waals surface area contributed by atoms with Gasteiger partial charge in [0, 0.05) is 119 Å². The van der Waals surface area contributed by atoms with Crippen LogP contribution in [0.2, 0.25) is 5.02 Å². The molecule has 0 aliphatic carbocycles. The Kier molecular flexibility index (Phi) is 29.2. The molecule has 0 spiro atoms. The molecule has 0 bridgehead atoms. The van der Waals surface area contributed by atoms with Gasteiger partial charge in [0.05, 0.1) is 74.1 Å². The zero-order valence-electron chi connectivity index (χ0n) is 71.0. The summed E-state index contributed by atoms with van der Waals surface area (Å²) in [6.45, 7) is 3.22. The van der Waals surface area contributed by atoms with Gasteiger partial charge in [0.25, 0.3) is 31.6 Å². The van der Waals surface area contributed by atoms with E-state index in [1.54, 1.807) is 91.8 Å². The first-order valence-corrected chi connectivity index (χ1v) is 42.8. The molecule has 0 saturated heterocycles. The maximum atomic E-state index is 13.2. The third-order valence-electron chi connectivity index (χ3n) is 20.6. The van der Waals surface area contributed by atoms with E-state index in [9.17, 15) is 113 Å². The zero-order valence-corrected chi connectivity index (χ0v) is 73.4. The molecule has 0 fully saturated rings. The Morgan fingerprint density at radius 2 is 0.642 bits per heavy atom. The van der Waals surface area contributed by atoms with E-state index in [4.69, 9.17) is 21.6 Å². The van der Waals surface area contributed by atoms with Crippen LogP contribution in [-0.2, 0) is 47.2 Å². The predicted octanol–water partition coefficient (Wildman–Crippen LogP) is 18.7. The summed E-state index contributed by atoms with van der Waals surface area (Å²) < 4.78 is 264. The Labute approximate surface area is 772 Å².